The average molecular weight is 505 g/mol. The Morgan fingerprint density at radius 3 is 2.86 bits per heavy atom. The third-order valence-corrected chi connectivity index (χ3v) is 7.17. The number of amidine groups is 1. The van der Waals surface area contributed by atoms with E-state index in [1.54, 1.807) is 6.07 Å². The van der Waals surface area contributed by atoms with Crippen LogP contribution in [0.4, 0.5) is 4.39 Å². The highest BCUT2D eigenvalue weighted by atomic mass is 32.2. The first kappa shape index (κ1) is 24.0. The molecule has 1 aliphatic carbocycles. The summed E-state index contributed by atoms with van der Waals surface area (Å²) in [6.45, 7) is 0. The average Bonchev–Trinajstić information content (AvgIpc) is 3.61. The number of aliphatic imine (C=N–C) groups is 1. The Bertz CT molecular complexity index is 1490. The Hall–Kier alpha value is -3.76. The van der Waals surface area contributed by atoms with Crippen molar-refractivity contribution in [1.29, 1.82) is 5.41 Å². The Kier molecular flexibility index (Phi) is 6.46. The molecule has 5 rings (SSSR count). The third-order valence-electron chi connectivity index (χ3n) is 6.33. The number of aryl methyl sites for hydroxylation is 1. The standard InChI is InChI=1S/C26H25FN6O2S/c1-33-21-6-4-3-5-20(21)31-24(33)18-12-17(18)23(28)36-26(29)32-25(34)15-9-10-30-13-19(15)16-11-14(27)7-8-22(16)35-2/h3-11,13,17-18,25,28,34H,12H2,1-2H3,(H2,29,32). The van der Waals surface area contributed by atoms with Gasteiger partial charge < -0.3 is 20.1 Å². The fourth-order valence-corrected chi connectivity index (χ4v) is 5.21. The number of nitrogens with two attached hydrogens (primary N) is 1. The van der Waals surface area contributed by atoms with E-state index in [0.29, 0.717) is 27.5 Å². The van der Waals surface area contributed by atoms with Gasteiger partial charge >= 0.3 is 0 Å². The Labute approximate surface area is 211 Å². The summed E-state index contributed by atoms with van der Waals surface area (Å²) < 4.78 is 21.4. The van der Waals surface area contributed by atoms with Crippen LogP contribution in [-0.4, -0.2) is 37.0 Å². The quantitative estimate of drug-likeness (QED) is 0.261. The molecule has 2 aromatic heterocycles. The largest absolute Gasteiger partial charge is 0.496 e. The van der Waals surface area contributed by atoms with Crippen molar-refractivity contribution < 1.29 is 14.2 Å². The second-order valence-electron chi connectivity index (χ2n) is 8.58. The molecule has 0 spiro atoms. The number of aliphatic hydroxyl groups is 1. The Morgan fingerprint density at radius 2 is 2.08 bits per heavy atom. The van der Waals surface area contributed by atoms with Crippen LogP contribution in [0.1, 0.15) is 30.0 Å². The van der Waals surface area contributed by atoms with Crippen LogP contribution >= 0.6 is 11.8 Å². The number of rotatable bonds is 6. The van der Waals surface area contributed by atoms with Crippen LogP contribution in [0.25, 0.3) is 22.2 Å². The molecule has 3 unspecified atom stereocenters. The number of halogens is 1. The number of methoxy groups -OCH3 is 1. The summed E-state index contributed by atoms with van der Waals surface area (Å²) in [6, 6.07) is 13.7. The van der Waals surface area contributed by atoms with E-state index in [1.165, 1.54) is 37.7 Å². The number of nitrogens with one attached hydrogen (secondary N) is 1. The molecule has 1 aliphatic rings. The topological polar surface area (TPSA) is 122 Å². The monoisotopic (exact) mass is 504 g/mol. The number of imidazole rings is 1. The number of benzene rings is 2. The molecular weight excluding hydrogens is 479 g/mol. The highest BCUT2D eigenvalue weighted by Gasteiger charge is 2.45. The zero-order valence-electron chi connectivity index (χ0n) is 19.7. The molecule has 4 N–H and O–H groups in total. The van der Waals surface area contributed by atoms with E-state index in [1.807, 2.05) is 31.3 Å². The molecule has 2 heterocycles. The SMILES string of the molecule is COc1ccc(F)cc1-c1cnccc1C(O)/N=C(\N)SC(=N)C1CC1c1nc2ccccc2n1C. The maximum Gasteiger partial charge on any atom is 0.174 e. The van der Waals surface area contributed by atoms with Gasteiger partial charge in [0.1, 0.15) is 17.4 Å². The summed E-state index contributed by atoms with van der Waals surface area (Å²) in [5.41, 5.74) is 9.42. The number of thioether (sulfide) groups is 1. The lowest BCUT2D eigenvalue weighted by Crippen LogP contribution is -2.14. The molecule has 3 atom stereocenters. The normalized spacial score (nSPS) is 18.3. The maximum atomic E-state index is 14.0. The van der Waals surface area contributed by atoms with Gasteiger partial charge in [0.2, 0.25) is 0 Å². The van der Waals surface area contributed by atoms with Crippen molar-refractivity contribution in [1.82, 2.24) is 14.5 Å². The molecule has 0 aliphatic heterocycles. The van der Waals surface area contributed by atoms with E-state index in [9.17, 15) is 9.50 Å². The fraction of sp³-hybridized carbons (Fsp3) is 0.231. The number of para-hydroxylation sites is 2. The third kappa shape index (κ3) is 4.57. The highest BCUT2D eigenvalue weighted by Crippen LogP contribution is 2.50. The molecule has 184 valence electrons. The van der Waals surface area contributed by atoms with E-state index >= 15 is 0 Å². The summed E-state index contributed by atoms with van der Waals surface area (Å²) in [5.74, 6) is 1.10. The van der Waals surface area contributed by atoms with E-state index in [4.69, 9.17) is 20.9 Å². The van der Waals surface area contributed by atoms with Gasteiger partial charge in [0, 0.05) is 48.0 Å². The van der Waals surface area contributed by atoms with Crippen molar-refractivity contribution in [2.75, 3.05) is 7.11 Å². The number of aliphatic hydroxyl groups excluding tert-OH is 1. The zero-order chi connectivity index (χ0) is 25.4. The smallest absolute Gasteiger partial charge is 0.174 e. The van der Waals surface area contributed by atoms with Crippen molar-refractivity contribution in [2.24, 2.45) is 23.7 Å². The van der Waals surface area contributed by atoms with Gasteiger partial charge in [0.05, 0.1) is 23.2 Å². The summed E-state index contributed by atoms with van der Waals surface area (Å²) in [6.07, 6.45) is 2.52. The van der Waals surface area contributed by atoms with Gasteiger partial charge in [-0.15, -0.1) is 0 Å². The molecule has 0 amide bonds. The fourth-order valence-electron chi connectivity index (χ4n) is 4.42. The first-order chi connectivity index (χ1) is 17.4. The number of pyridine rings is 1. The van der Waals surface area contributed by atoms with Crippen molar-refractivity contribution >= 4 is 33.0 Å². The first-order valence-corrected chi connectivity index (χ1v) is 12.2. The summed E-state index contributed by atoms with van der Waals surface area (Å²) in [4.78, 5) is 13.1. The molecule has 4 aromatic rings. The number of nitrogens with zero attached hydrogens (tertiary/aromatic N) is 4. The van der Waals surface area contributed by atoms with Crippen LogP contribution in [-0.2, 0) is 7.05 Å². The van der Waals surface area contributed by atoms with Crippen molar-refractivity contribution in [3.63, 3.8) is 0 Å². The highest BCUT2D eigenvalue weighted by molar-refractivity contribution is 8.26. The van der Waals surface area contributed by atoms with E-state index < -0.39 is 12.0 Å². The first-order valence-electron chi connectivity index (χ1n) is 11.3. The Balaban J connectivity index is 1.32. The number of ether oxygens (including phenoxy) is 1. The number of fused-ring (bicyclic) bond motifs is 1. The Morgan fingerprint density at radius 1 is 1.28 bits per heavy atom. The van der Waals surface area contributed by atoms with Crippen LogP contribution in [0.3, 0.4) is 0 Å². The van der Waals surface area contributed by atoms with Crippen molar-refractivity contribution in [2.45, 2.75) is 18.6 Å². The van der Waals surface area contributed by atoms with Gasteiger partial charge in [0.15, 0.2) is 11.4 Å². The number of hydrogen-bond donors (Lipinski definition) is 3. The van der Waals surface area contributed by atoms with Crippen molar-refractivity contribution in [3.05, 3.63) is 78.1 Å². The lowest BCUT2D eigenvalue weighted by Gasteiger charge is -2.15. The minimum Gasteiger partial charge on any atom is -0.496 e. The molecule has 1 saturated carbocycles. The summed E-state index contributed by atoms with van der Waals surface area (Å²) >= 11 is 1.03. The minimum absolute atomic E-state index is 0.00412. The van der Waals surface area contributed by atoms with Crippen LogP contribution in [0, 0.1) is 17.1 Å². The predicted octanol–water partition coefficient (Wildman–Crippen LogP) is 4.60. The number of hydrogen-bond acceptors (Lipinski definition) is 7. The minimum atomic E-state index is -1.33. The van der Waals surface area contributed by atoms with E-state index in [0.717, 1.165) is 35.0 Å². The second kappa shape index (κ2) is 9.71. The van der Waals surface area contributed by atoms with Crippen LogP contribution < -0.4 is 10.5 Å². The zero-order valence-corrected chi connectivity index (χ0v) is 20.5. The molecular formula is C26H25FN6O2S. The van der Waals surface area contributed by atoms with Gasteiger partial charge in [-0.2, -0.15) is 0 Å². The van der Waals surface area contributed by atoms with E-state index in [-0.39, 0.29) is 17.0 Å². The molecule has 2 aromatic carbocycles. The predicted molar refractivity (Wildman–Crippen MR) is 140 cm³/mol. The van der Waals surface area contributed by atoms with Crippen molar-refractivity contribution in [3.8, 4) is 16.9 Å². The van der Waals surface area contributed by atoms with Crippen LogP contribution in [0.5, 0.6) is 5.75 Å². The summed E-state index contributed by atoms with van der Waals surface area (Å²) in [5, 5.41) is 19.8. The molecule has 0 radical (unpaired) electrons. The molecule has 8 nitrogen and oxygen atoms in total. The molecule has 36 heavy (non-hydrogen) atoms. The van der Waals surface area contributed by atoms with Crippen LogP contribution in [0.2, 0.25) is 0 Å². The summed E-state index contributed by atoms with van der Waals surface area (Å²) in [7, 11) is 3.48. The van der Waals surface area contributed by atoms with Crippen LogP contribution in [0.15, 0.2) is 65.9 Å². The maximum absolute atomic E-state index is 14.0. The molecule has 0 saturated heterocycles. The van der Waals surface area contributed by atoms with Gasteiger partial charge in [-0.1, -0.05) is 12.1 Å². The van der Waals surface area contributed by atoms with Gasteiger partial charge in [0.25, 0.3) is 0 Å². The second-order valence-corrected chi connectivity index (χ2v) is 9.64. The lowest BCUT2D eigenvalue weighted by atomic mass is 10.00. The van der Waals surface area contributed by atoms with Gasteiger partial charge in [-0.05, 0) is 54.6 Å². The number of aromatic nitrogens is 3. The van der Waals surface area contributed by atoms with Gasteiger partial charge in [-0.3, -0.25) is 10.4 Å². The molecule has 10 heteroatoms. The van der Waals surface area contributed by atoms with E-state index in [2.05, 4.69) is 14.5 Å². The molecule has 1 fully saturated rings. The van der Waals surface area contributed by atoms with Gasteiger partial charge in [-0.25, -0.2) is 14.4 Å². The lowest BCUT2D eigenvalue weighted by molar-refractivity contribution is 0.189. The molecule has 0 bridgehead atoms.